The Hall–Kier alpha value is -1.49. The van der Waals surface area contributed by atoms with Crippen LogP contribution in [0.4, 0.5) is 8.78 Å². The van der Waals surface area contributed by atoms with Crippen molar-refractivity contribution in [3.05, 3.63) is 35.4 Å². The molecular weight excluding hydrogens is 262 g/mol. The van der Waals surface area contributed by atoms with Crippen LogP contribution in [0, 0.1) is 11.6 Å². The molecule has 0 saturated carbocycles. The number of carbonyl (C=O) groups excluding carboxylic acids is 1. The maximum Gasteiger partial charge on any atom is 0.222 e. The molecule has 20 heavy (non-hydrogen) atoms. The summed E-state index contributed by atoms with van der Waals surface area (Å²) in [4.78, 5) is 15.7. The molecule has 0 bridgehead atoms. The summed E-state index contributed by atoms with van der Waals surface area (Å²) >= 11 is 0. The molecule has 0 atom stereocenters. The van der Waals surface area contributed by atoms with Gasteiger partial charge in [-0.2, -0.15) is 0 Å². The number of rotatable bonds is 3. The molecule has 0 radical (unpaired) electrons. The Morgan fingerprint density at radius 3 is 2.65 bits per heavy atom. The largest absolute Gasteiger partial charge is 0.341 e. The van der Waals surface area contributed by atoms with Gasteiger partial charge in [0.25, 0.3) is 0 Å². The standard InChI is InChI=1S/C15H20F2N2O/c1-2-15(20)19-7-3-6-18(8-9-19)11-12-4-5-13(16)14(17)10-12/h4-5,10H,2-3,6-9,11H2,1H3. The second-order valence-electron chi connectivity index (χ2n) is 5.11. The zero-order chi connectivity index (χ0) is 14.5. The summed E-state index contributed by atoms with van der Waals surface area (Å²) in [6.45, 7) is 5.58. The molecule has 1 heterocycles. The first kappa shape index (κ1) is 14.9. The minimum atomic E-state index is -0.815. The van der Waals surface area contributed by atoms with E-state index < -0.39 is 11.6 Å². The molecule has 1 aromatic rings. The summed E-state index contributed by atoms with van der Waals surface area (Å²) in [5.41, 5.74) is 0.763. The lowest BCUT2D eigenvalue weighted by molar-refractivity contribution is -0.130. The highest BCUT2D eigenvalue weighted by Crippen LogP contribution is 2.13. The Kier molecular flexibility index (Phi) is 5.06. The molecule has 0 aromatic heterocycles. The van der Waals surface area contributed by atoms with Crippen LogP contribution in [0.25, 0.3) is 0 Å². The van der Waals surface area contributed by atoms with Gasteiger partial charge in [-0.15, -0.1) is 0 Å². The molecular formula is C15H20F2N2O. The van der Waals surface area contributed by atoms with Crippen molar-refractivity contribution in [2.45, 2.75) is 26.3 Å². The Labute approximate surface area is 118 Å². The van der Waals surface area contributed by atoms with E-state index in [1.807, 2.05) is 11.8 Å². The van der Waals surface area contributed by atoms with Crippen molar-refractivity contribution >= 4 is 5.91 Å². The van der Waals surface area contributed by atoms with Crippen molar-refractivity contribution in [3.8, 4) is 0 Å². The third-order valence-corrected chi connectivity index (χ3v) is 3.63. The van der Waals surface area contributed by atoms with Gasteiger partial charge in [0.2, 0.25) is 5.91 Å². The van der Waals surface area contributed by atoms with E-state index in [-0.39, 0.29) is 5.91 Å². The molecule has 110 valence electrons. The first-order chi connectivity index (χ1) is 9.60. The van der Waals surface area contributed by atoms with Gasteiger partial charge in [0.1, 0.15) is 0 Å². The molecule has 0 unspecified atom stereocenters. The number of amides is 1. The summed E-state index contributed by atoms with van der Waals surface area (Å²) in [7, 11) is 0. The average molecular weight is 282 g/mol. The number of hydrogen-bond acceptors (Lipinski definition) is 2. The molecule has 1 fully saturated rings. The van der Waals surface area contributed by atoms with Crippen LogP contribution in [0.15, 0.2) is 18.2 Å². The lowest BCUT2D eigenvalue weighted by Gasteiger charge is -2.21. The van der Waals surface area contributed by atoms with Gasteiger partial charge in [-0.25, -0.2) is 8.78 Å². The molecule has 0 aliphatic carbocycles. The fourth-order valence-electron chi connectivity index (χ4n) is 2.50. The van der Waals surface area contributed by atoms with Crippen LogP contribution in [0.3, 0.4) is 0 Å². The molecule has 0 spiro atoms. The lowest BCUT2D eigenvalue weighted by Crippen LogP contribution is -2.34. The predicted octanol–water partition coefficient (Wildman–Crippen LogP) is 2.41. The smallest absolute Gasteiger partial charge is 0.222 e. The van der Waals surface area contributed by atoms with E-state index in [1.54, 1.807) is 6.07 Å². The van der Waals surface area contributed by atoms with Crippen molar-refractivity contribution in [2.75, 3.05) is 26.2 Å². The van der Waals surface area contributed by atoms with Crippen LogP contribution in [0.5, 0.6) is 0 Å². The Balaban J connectivity index is 1.93. The molecule has 1 aromatic carbocycles. The summed E-state index contributed by atoms with van der Waals surface area (Å²) in [6, 6.07) is 4.02. The van der Waals surface area contributed by atoms with Crippen LogP contribution in [-0.2, 0) is 11.3 Å². The maximum absolute atomic E-state index is 13.2. The molecule has 1 saturated heterocycles. The van der Waals surface area contributed by atoms with Gasteiger partial charge in [-0.1, -0.05) is 13.0 Å². The third-order valence-electron chi connectivity index (χ3n) is 3.63. The zero-order valence-electron chi connectivity index (χ0n) is 11.7. The summed E-state index contributed by atoms with van der Waals surface area (Å²) in [6.07, 6.45) is 1.44. The van der Waals surface area contributed by atoms with E-state index in [0.29, 0.717) is 19.5 Å². The highest BCUT2D eigenvalue weighted by Gasteiger charge is 2.18. The molecule has 5 heteroatoms. The highest BCUT2D eigenvalue weighted by atomic mass is 19.2. The second kappa shape index (κ2) is 6.79. The highest BCUT2D eigenvalue weighted by molar-refractivity contribution is 5.75. The van der Waals surface area contributed by atoms with Gasteiger partial charge in [-0.05, 0) is 24.1 Å². The first-order valence-electron chi connectivity index (χ1n) is 7.04. The second-order valence-corrected chi connectivity index (χ2v) is 5.11. The molecule has 3 nitrogen and oxygen atoms in total. The van der Waals surface area contributed by atoms with Crippen molar-refractivity contribution < 1.29 is 13.6 Å². The van der Waals surface area contributed by atoms with Crippen molar-refractivity contribution in [2.24, 2.45) is 0 Å². The quantitative estimate of drug-likeness (QED) is 0.850. The SMILES string of the molecule is CCC(=O)N1CCCN(Cc2ccc(F)c(F)c2)CC1. The summed E-state index contributed by atoms with van der Waals surface area (Å²) < 4.78 is 26.1. The van der Waals surface area contributed by atoms with E-state index in [9.17, 15) is 13.6 Å². The van der Waals surface area contributed by atoms with Gasteiger partial charge >= 0.3 is 0 Å². The van der Waals surface area contributed by atoms with Crippen molar-refractivity contribution in [1.82, 2.24) is 9.80 Å². The van der Waals surface area contributed by atoms with E-state index in [1.165, 1.54) is 6.07 Å². The van der Waals surface area contributed by atoms with E-state index in [2.05, 4.69) is 4.90 Å². The van der Waals surface area contributed by atoms with Gasteiger partial charge in [0.05, 0.1) is 0 Å². The van der Waals surface area contributed by atoms with Crippen LogP contribution in [0.2, 0.25) is 0 Å². The molecule has 2 rings (SSSR count). The number of carbonyl (C=O) groups is 1. The molecule has 1 aliphatic rings. The Morgan fingerprint density at radius 2 is 1.95 bits per heavy atom. The normalized spacial score (nSPS) is 17.1. The molecule has 1 amide bonds. The average Bonchev–Trinajstić information content (AvgIpc) is 2.68. The minimum Gasteiger partial charge on any atom is -0.341 e. The molecule has 0 N–H and O–H groups in total. The zero-order valence-corrected chi connectivity index (χ0v) is 11.7. The van der Waals surface area contributed by atoms with Crippen LogP contribution < -0.4 is 0 Å². The minimum absolute atomic E-state index is 0.180. The van der Waals surface area contributed by atoms with E-state index >= 15 is 0 Å². The maximum atomic E-state index is 13.2. The number of nitrogens with zero attached hydrogens (tertiary/aromatic N) is 2. The molecule has 1 aliphatic heterocycles. The number of benzene rings is 1. The van der Waals surface area contributed by atoms with E-state index in [0.717, 1.165) is 37.7 Å². The fraction of sp³-hybridized carbons (Fsp3) is 0.533. The first-order valence-corrected chi connectivity index (χ1v) is 7.04. The lowest BCUT2D eigenvalue weighted by atomic mass is 10.2. The topological polar surface area (TPSA) is 23.6 Å². The monoisotopic (exact) mass is 282 g/mol. The number of halogens is 2. The summed E-state index contributed by atoms with van der Waals surface area (Å²) in [5.74, 6) is -1.44. The third kappa shape index (κ3) is 3.76. The van der Waals surface area contributed by atoms with Crippen LogP contribution in [-0.4, -0.2) is 41.9 Å². The van der Waals surface area contributed by atoms with Gasteiger partial charge in [0, 0.05) is 39.1 Å². The number of hydrogen-bond donors (Lipinski definition) is 0. The van der Waals surface area contributed by atoms with Gasteiger partial charge in [0.15, 0.2) is 11.6 Å². The van der Waals surface area contributed by atoms with Gasteiger partial charge < -0.3 is 4.90 Å². The summed E-state index contributed by atoms with van der Waals surface area (Å²) in [5, 5.41) is 0. The van der Waals surface area contributed by atoms with Crippen LogP contribution >= 0.6 is 0 Å². The Morgan fingerprint density at radius 1 is 1.15 bits per heavy atom. The Bertz CT molecular complexity index is 479. The van der Waals surface area contributed by atoms with Crippen molar-refractivity contribution in [1.29, 1.82) is 0 Å². The van der Waals surface area contributed by atoms with Gasteiger partial charge in [-0.3, -0.25) is 9.69 Å². The predicted molar refractivity (Wildman–Crippen MR) is 73.1 cm³/mol. The van der Waals surface area contributed by atoms with E-state index in [4.69, 9.17) is 0 Å². The van der Waals surface area contributed by atoms with Crippen molar-refractivity contribution in [3.63, 3.8) is 0 Å². The fourth-order valence-corrected chi connectivity index (χ4v) is 2.50. The van der Waals surface area contributed by atoms with Crippen LogP contribution in [0.1, 0.15) is 25.3 Å².